The van der Waals surface area contributed by atoms with Gasteiger partial charge in [0.25, 0.3) is 5.91 Å². The van der Waals surface area contributed by atoms with Crippen LogP contribution in [0.1, 0.15) is 29.0 Å². The van der Waals surface area contributed by atoms with E-state index in [2.05, 4.69) is 25.1 Å². The van der Waals surface area contributed by atoms with Gasteiger partial charge in [-0.3, -0.25) is 4.79 Å². The molecule has 1 saturated heterocycles. The zero-order valence-electron chi connectivity index (χ0n) is 16.6. The Bertz CT molecular complexity index is 1010. The monoisotopic (exact) mass is 382 g/mol. The van der Waals surface area contributed by atoms with E-state index in [0.717, 1.165) is 54.8 Å². The summed E-state index contributed by atoms with van der Waals surface area (Å²) in [5.41, 5.74) is 2.89. The number of likely N-dealkylation sites (N-methyl/N-ethyl adjacent to an activating group) is 1. The van der Waals surface area contributed by atoms with Crippen LogP contribution >= 0.6 is 0 Å². The van der Waals surface area contributed by atoms with E-state index in [4.69, 9.17) is 4.74 Å². The van der Waals surface area contributed by atoms with Crippen LogP contribution in [0.3, 0.4) is 0 Å². The van der Waals surface area contributed by atoms with E-state index in [1.807, 2.05) is 38.1 Å². The maximum absolute atomic E-state index is 12.6. The summed E-state index contributed by atoms with van der Waals surface area (Å²) in [5.74, 6) is 0.795. The maximum atomic E-state index is 12.6. The van der Waals surface area contributed by atoms with Gasteiger partial charge in [0, 0.05) is 30.6 Å². The fraction of sp³-hybridized carbons (Fsp3) is 0.500. The van der Waals surface area contributed by atoms with Crippen LogP contribution in [-0.4, -0.2) is 70.5 Å². The molecule has 3 heterocycles. The highest BCUT2D eigenvalue weighted by atomic mass is 16.5. The summed E-state index contributed by atoms with van der Waals surface area (Å²) in [4.78, 5) is 19.2. The minimum atomic E-state index is -0.0874. The molecule has 8 nitrogen and oxygen atoms in total. The van der Waals surface area contributed by atoms with Crippen molar-refractivity contribution in [3.8, 4) is 0 Å². The van der Waals surface area contributed by atoms with Gasteiger partial charge in [0.2, 0.25) is 5.65 Å². The fourth-order valence-electron chi connectivity index (χ4n) is 3.65. The topological polar surface area (TPSA) is 85.2 Å². The van der Waals surface area contributed by atoms with E-state index in [1.54, 1.807) is 6.07 Å². The van der Waals surface area contributed by atoms with Gasteiger partial charge in [0.05, 0.1) is 23.7 Å². The normalized spacial score (nSPS) is 17.1. The number of amides is 1. The van der Waals surface area contributed by atoms with E-state index in [9.17, 15) is 4.79 Å². The van der Waals surface area contributed by atoms with Crippen molar-refractivity contribution in [3.05, 3.63) is 29.6 Å². The van der Waals surface area contributed by atoms with Crippen LogP contribution in [0.25, 0.3) is 22.1 Å². The molecule has 2 aromatic heterocycles. The number of carbonyl (C=O) groups is 1. The zero-order valence-corrected chi connectivity index (χ0v) is 16.6. The number of carbonyl (C=O) groups excluding carboxylic acids is 1. The highest BCUT2D eigenvalue weighted by molar-refractivity contribution is 6.05. The maximum Gasteiger partial charge on any atom is 0.251 e. The first-order chi connectivity index (χ1) is 13.5. The summed E-state index contributed by atoms with van der Waals surface area (Å²) >= 11 is 0. The van der Waals surface area contributed by atoms with Crippen molar-refractivity contribution in [1.29, 1.82) is 0 Å². The molecule has 28 heavy (non-hydrogen) atoms. The molecule has 4 rings (SSSR count). The Hall–Kier alpha value is -2.58. The van der Waals surface area contributed by atoms with Gasteiger partial charge in [-0.05, 0) is 52.1 Å². The number of nitrogens with one attached hydrogen (secondary N) is 1. The molecule has 0 spiro atoms. The highest BCUT2D eigenvalue weighted by Crippen LogP contribution is 2.26. The lowest BCUT2D eigenvalue weighted by Crippen LogP contribution is -2.31. The second-order valence-corrected chi connectivity index (χ2v) is 7.57. The number of nitrogens with zero attached hydrogens (tertiary/aromatic N) is 5. The molecule has 0 aliphatic carbocycles. The van der Waals surface area contributed by atoms with Crippen molar-refractivity contribution < 1.29 is 9.53 Å². The van der Waals surface area contributed by atoms with E-state index in [-0.39, 0.29) is 12.0 Å². The number of aromatic nitrogens is 4. The predicted molar refractivity (Wildman–Crippen MR) is 107 cm³/mol. The van der Waals surface area contributed by atoms with Crippen LogP contribution in [0.5, 0.6) is 0 Å². The molecular weight excluding hydrogens is 356 g/mol. The second kappa shape index (κ2) is 7.81. The Balaban J connectivity index is 1.71. The lowest BCUT2D eigenvalue weighted by molar-refractivity contribution is 0.0950. The molecule has 1 N–H and O–H groups in total. The summed E-state index contributed by atoms with van der Waals surface area (Å²) in [5, 5.41) is 12.4. The molecule has 3 aromatic rings. The van der Waals surface area contributed by atoms with Gasteiger partial charge in [0.15, 0.2) is 0 Å². The van der Waals surface area contributed by atoms with Crippen LogP contribution in [0.4, 0.5) is 0 Å². The third kappa shape index (κ3) is 3.70. The first-order valence-electron chi connectivity index (χ1n) is 9.71. The number of aryl methyl sites for hydroxylation is 1. The smallest absolute Gasteiger partial charge is 0.251 e. The van der Waals surface area contributed by atoms with Crippen LogP contribution in [0.2, 0.25) is 0 Å². The van der Waals surface area contributed by atoms with E-state index in [1.165, 1.54) is 0 Å². The molecule has 1 unspecified atom stereocenters. The van der Waals surface area contributed by atoms with E-state index >= 15 is 0 Å². The number of imidazole rings is 1. The number of hydrogen-bond donors (Lipinski definition) is 1. The average molecular weight is 382 g/mol. The summed E-state index contributed by atoms with van der Waals surface area (Å²) in [6.07, 6.45) is 2.33. The highest BCUT2D eigenvalue weighted by Gasteiger charge is 2.21. The molecule has 1 aliphatic rings. The van der Waals surface area contributed by atoms with Crippen molar-refractivity contribution in [2.75, 3.05) is 33.8 Å². The summed E-state index contributed by atoms with van der Waals surface area (Å²) < 4.78 is 7.96. The van der Waals surface area contributed by atoms with Gasteiger partial charge in [-0.15, -0.1) is 10.2 Å². The minimum absolute atomic E-state index is 0.0874. The molecule has 0 bridgehead atoms. The van der Waals surface area contributed by atoms with Gasteiger partial charge >= 0.3 is 0 Å². The van der Waals surface area contributed by atoms with Crippen molar-refractivity contribution in [2.45, 2.75) is 32.4 Å². The van der Waals surface area contributed by atoms with Crippen molar-refractivity contribution in [3.63, 3.8) is 0 Å². The quantitative estimate of drug-likeness (QED) is 0.699. The number of rotatable bonds is 6. The largest absolute Gasteiger partial charge is 0.376 e. The molecule has 1 amide bonds. The Kier molecular flexibility index (Phi) is 5.23. The van der Waals surface area contributed by atoms with Crippen LogP contribution in [-0.2, 0) is 11.3 Å². The number of benzene rings is 1. The number of ether oxygens (including phenoxy) is 1. The minimum Gasteiger partial charge on any atom is -0.376 e. The lowest BCUT2D eigenvalue weighted by atomic mass is 10.1. The molecule has 1 fully saturated rings. The lowest BCUT2D eigenvalue weighted by Gasteiger charge is -2.14. The standard InChI is InChI=1S/C20H26N6O2/c1-13-22-19-18(26(13)12-15-5-4-10-28-15)16-11-14(6-7-17(16)23-24-19)20(27)21-8-9-25(2)3/h6-7,11,15H,4-5,8-10,12H2,1-3H3,(H,21,27). The predicted octanol–water partition coefficient (Wildman–Crippen LogP) is 1.76. The third-order valence-electron chi connectivity index (χ3n) is 5.16. The van der Waals surface area contributed by atoms with Gasteiger partial charge in [-0.2, -0.15) is 0 Å². The molecular formula is C20H26N6O2. The van der Waals surface area contributed by atoms with Crippen molar-refractivity contribution >= 4 is 28.0 Å². The second-order valence-electron chi connectivity index (χ2n) is 7.57. The molecule has 1 atom stereocenters. The Labute approximate surface area is 163 Å². The Morgan fingerprint density at radius 1 is 1.36 bits per heavy atom. The third-order valence-corrected chi connectivity index (χ3v) is 5.16. The van der Waals surface area contributed by atoms with E-state index < -0.39 is 0 Å². The summed E-state index contributed by atoms with van der Waals surface area (Å²) in [7, 11) is 3.96. The zero-order chi connectivity index (χ0) is 19.7. The van der Waals surface area contributed by atoms with Gasteiger partial charge in [-0.1, -0.05) is 0 Å². The van der Waals surface area contributed by atoms with Gasteiger partial charge in [-0.25, -0.2) is 4.98 Å². The first-order valence-corrected chi connectivity index (χ1v) is 9.71. The molecule has 0 radical (unpaired) electrons. The summed E-state index contributed by atoms with van der Waals surface area (Å²) in [6.45, 7) is 4.92. The van der Waals surface area contributed by atoms with Crippen molar-refractivity contribution in [1.82, 2.24) is 30.0 Å². The summed E-state index contributed by atoms with van der Waals surface area (Å²) in [6, 6.07) is 5.54. The Morgan fingerprint density at radius 2 is 2.21 bits per heavy atom. The number of hydrogen-bond acceptors (Lipinski definition) is 6. The average Bonchev–Trinajstić information content (AvgIpc) is 3.29. The molecule has 0 saturated carbocycles. The molecule has 1 aliphatic heterocycles. The van der Waals surface area contributed by atoms with Crippen molar-refractivity contribution in [2.24, 2.45) is 0 Å². The van der Waals surface area contributed by atoms with Gasteiger partial charge < -0.3 is 19.5 Å². The van der Waals surface area contributed by atoms with E-state index in [0.29, 0.717) is 17.8 Å². The van der Waals surface area contributed by atoms with Crippen LogP contribution < -0.4 is 5.32 Å². The molecule has 8 heteroatoms. The van der Waals surface area contributed by atoms with Crippen LogP contribution in [0, 0.1) is 6.92 Å². The fourth-order valence-corrected chi connectivity index (χ4v) is 3.65. The van der Waals surface area contributed by atoms with Crippen LogP contribution in [0.15, 0.2) is 18.2 Å². The van der Waals surface area contributed by atoms with Gasteiger partial charge in [0.1, 0.15) is 5.82 Å². The first kappa shape index (κ1) is 18.8. The molecule has 148 valence electrons. The Morgan fingerprint density at radius 3 is 2.96 bits per heavy atom. The molecule has 1 aromatic carbocycles. The number of fused-ring (bicyclic) bond motifs is 3. The SMILES string of the molecule is Cc1nc2nnc3ccc(C(=O)NCCN(C)C)cc3c2n1CC1CCCO1.